The number of rotatable bonds is 6. The van der Waals surface area contributed by atoms with Crippen LogP contribution < -0.4 is 5.32 Å². The molecule has 1 unspecified atom stereocenters. The quantitative estimate of drug-likeness (QED) is 0.603. The van der Waals surface area contributed by atoms with Crippen LogP contribution in [0.1, 0.15) is 22.3 Å². The molecule has 1 atom stereocenters. The molecule has 0 aliphatic carbocycles. The molecule has 0 spiro atoms. The zero-order chi connectivity index (χ0) is 16.8. The first kappa shape index (κ1) is 16.7. The summed E-state index contributed by atoms with van der Waals surface area (Å²) in [4.78, 5) is 20.7. The van der Waals surface area contributed by atoms with Gasteiger partial charge in [0.25, 0.3) is 0 Å². The van der Waals surface area contributed by atoms with Crippen LogP contribution in [0.15, 0.2) is 64.7 Å². The summed E-state index contributed by atoms with van der Waals surface area (Å²) in [6.45, 7) is 0. The number of imidazole rings is 1. The van der Waals surface area contributed by atoms with Crippen molar-refractivity contribution in [3.63, 3.8) is 0 Å². The van der Waals surface area contributed by atoms with Crippen molar-refractivity contribution >= 4 is 39.2 Å². The van der Waals surface area contributed by atoms with Crippen molar-refractivity contribution in [2.45, 2.75) is 12.5 Å². The fourth-order valence-electron chi connectivity index (χ4n) is 2.34. The fraction of sp³-hybridized carbons (Fsp3) is 0.111. The van der Waals surface area contributed by atoms with Crippen LogP contribution in [0, 0.1) is 0 Å². The summed E-state index contributed by atoms with van der Waals surface area (Å²) >= 11 is 5.00. The normalized spacial score (nSPS) is 12.4. The number of nitrogens with one attached hydrogen (secondary N) is 2. The predicted octanol–water partition coefficient (Wildman–Crippen LogP) is 4.35. The second-order valence-electron chi connectivity index (χ2n) is 5.19. The highest BCUT2D eigenvalue weighted by Crippen LogP contribution is 2.23. The third kappa shape index (κ3) is 4.66. The Morgan fingerprint density at radius 2 is 2.12 bits per heavy atom. The number of H-pyrrole nitrogens is 1. The lowest BCUT2D eigenvalue weighted by atomic mass is 10.0. The number of carbonyl (C=O) groups excluding carboxylic acids is 1. The van der Waals surface area contributed by atoms with E-state index in [1.54, 1.807) is 29.8 Å². The summed E-state index contributed by atoms with van der Waals surface area (Å²) in [6, 6.07) is 13.7. The first-order valence-electron chi connectivity index (χ1n) is 7.48. The van der Waals surface area contributed by atoms with Gasteiger partial charge in [-0.05, 0) is 39.7 Å². The highest BCUT2D eigenvalue weighted by atomic mass is 79.9. The van der Waals surface area contributed by atoms with Crippen molar-refractivity contribution in [1.82, 2.24) is 15.3 Å². The third-order valence-electron chi connectivity index (χ3n) is 3.46. The average Bonchev–Trinajstić information content (AvgIpc) is 3.25. The standard InChI is InChI=1S/C18H16BrN3OS/c19-16-8-6-14(24-16)7-9-18(23)22-15(12-17-20-10-11-21-17)13-4-2-1-3-5-13/h1-11,15H,12H2,(H,20,21)(H,22,23). The van der Waals surface area contributed by atoms with Crippen LogP contribution in [0.25, 0.3) is 6.08 Å². The molecule has 0 saturated heterocycles. The van der Waals surface area contributed by atoms with E-state index in [9.17, 15) is 4.79 Å². The molecular weight excluding hydrogens is 386 g/mol. The summed E-state index contributed by atoms with van der Waals surface area (Å²) in [7, 11) is 0. The maximum Gasteiger partial charge on any atom is 0.244 e. The van der Waals surface area contributed by atoms with Crippen molar-refractivity contribution < 1.29 is 4.79 Å². The minimum Gasteiger partial charge on any atom is -0.349 e. The number of hydrogen-bond donors (Lipinski definition) is 2. The van der Waals surface area contributed by atoms with E-state index in [4.69, 9.17) is 0 Å². The number of nitrogens with zero attached hydrogens (tertiary/aromatic N) is 1. The lowest BCUT2D eigenvalue weighted by Gasteiger charge is -2.17. The molecular formula is C18H16BrN3OS. The zero-order valence-electron chi connectivity index (χ0n) is 12.8. The molecule has 2 N–H and O–H groups in total. The summed E-state index contributed by atoms with van der Waals surface area (Å²) in [5.74, 6) is 0.718. The molecule has 24 heavy (non-hydrogen) atoms. The number of thiophene rings is 1. The Kier molecular flexibility index (Phi) is 5.61. The van der Waals surface area contributed by atoms with E-state index < -0.39 is 0 Å². The summed E-state index contributed by atoms with van der Waals surface area (Å²) in [6.07, 6.45) is 7.50. The Morgan fingerprint density at radius 1 is 1.29 bits per heavy atom. The average molecular weight is 402 g/mol. The maximum atomic E-state index is 12.3. The number of benzene rings is 1. The molecule has 1 aromatic carbocycles. The van der Waals surface area contributed by atoms with Gasteiger partial charge in [0.05, 0.1) is 9.83 Å². The van der Waals surface area contributed by atoms with E-state index in [1.807, 2.05) is 48.5 Å². The number of hydrogen-bond acceptors (Lipinski definition) is 3. The monoisotopic (exact) mass is 401 g/mol. The van der Waals surface area contributed by atoms with Crippen molar-refractivity contribution in [3.8, 4) is 0 Å². The Hall–Kier alpha value is -2.18. The first-order chi connectivity index (χ1) is 11.7. The molecule has 2 heterocycles. The minimum atomic E-state index is -0.135. The van der Waals surface area contributed by atoms with Crippen LogP contribution in [-0.2, 0) is 11.2 Å². The molecule has 0 radical (unpaired) electrons. The number of amides is 1. The van der Waals surface area contributed by atoms with E-state index in [-0.39, 0.29) is 11.9 Å². The van der Waals surface area contributed by atoms with Gasteiger partial charge in [-0.2, -0.15) is 0 Å². The lowest BCUT2D eigenvalue weighted by Crippen LogP contribution is -2.28. The SMILES string of the molecule is O=C(C=Cc1ccc(Br)s1)NC(Cc1ncc[nH]1)c1ccccc1. The van der Waals surface area contributed by atoms with Crippen LogP contribution >= 0.6 is 27.3 Å². The molecule has 0 saturated carbocycles. The van der Waals surface area contributed by atoms with Gasteiger partial charge in [-0.3, -0.25) is 4.79 Å². The summed E-state index contributed by atoms with van der Waals surface area (Å²) in [5.41, 5.74) is 1.05. The molecule has 0 aliphatic heterocycles. The smallest absolute Gasteiger partial charge is 0.244 e. The van der Waals surface area contributed by atoms with E-state index in [2.05, 4.69) is 31.2 Å². The van der Waals surface area contributed by atoms with E-state index in [0.29, 0.717) is 6.42 Å². The van der Waals surface area contributed by atoms with Gasteiger partial charge in [0.1, 0.15) is 5.82 Å². The molecule has 4 nitrogen and oxygen atoms in total. The van der Waals surface area contributed by atoms with Crippen molar-refractivity contribution in [2.75, 3.05) is 0 Å². The van der Waals surface area contributed by atoms with E-state index in [0.717, 1.165) is 20.1 Å². The van der Waals surface area contributed by atoms with Crippen molar-refractivity contribution in [2.24, 2.45) is 0 Å². The zero-order valence-corrected chi connectivity index (χ0v) is 15.2. The Bertz CT molecular complexity index is 812. The Morgan fingerprint density at radius 3 is 2.79 bits per heavy atom. The van der Waals surface area contributed by atoms with Gasteiger partial charge in [-0.15, -0.1) is 11.3 Å². The predicted molar refractivity (Wildman–Crippen MR) is 101 cm³/mol. The highest BCUT2D eigenvalue weighted by molar-refractivity contribution is 9.11. The van der Waals surface area contributed by atoms with Gasteiger partial charge in [-0.25, -0.2) is 4.98 Å². The van der Waals surface area contributed by atoms with Crippen molar-refractivity contribution in [1.29, 1.82) is 0 Å². The molecule has 3 rings (SSSR count). The lowest BCUT2D eigenvalue weighted by molar-refractivity contribution is -0.117. The van der Waals surface area contributed by atoms with Crippen LogP contribution in [0.2, 0.25) is 0 Å². The van der Waals surface area contributed by atoms with Gasteiger partial charge in [0.2, 0.25) is 5.91 Å². The molecule has 0 aliphatic rings. The van der Waals surface area contributed by atoms with Crippen molar-refractivity contribution in [3.05, 3.63) is 81.0 Å². The minimum absolute atomic E-state index is 0.125. The van der Waals surface area contributed by atoms with Crippen LogP contribution in [-0.4, -0.2) is 15.9 Å². The molecule has 3 aromatic rings. The van der Waals surface area contributed by atoms with E-state index in [1.165, 1.54) is 0 Å². The number of aromatic nitrogens is 2. The fourth-order valence-corrected chi connectivity index (χ4v) is 3.66. The molecule has 6 heteroatoms. The van der Waals surface area contributed by atoms with Crippen LogP contribution in [0.3, 0.4) is 0 Å². The molecule has 0 fully saturated rings. The summed E-state index contributed by atoms with van der Waals surface area (Å²) in [5, 5.41) is 3.06. The van der Waals surface area contributed by atoms with Gasteiger partial charge in [-0.1, -0.05) is 30.3 Å². The van der Waals surface area contributed by atoms with Gasteiger partial charge < -0.3 is 10.3 Å². The number of halogens is 1. The van der Waals surface area contributed by atoms with Crippen LogP contribution in [0.4, 0.5) is 0 Å². The Labute approximate surface area is 152 Å². The maximum absolute atomic E-state index is 12.3. The molecule has 2 aromatic heterocycles. The molecule has 1 amide bonds. The largest absolute Gasteiger partial charge is 0.349 e. The third-order valence-corrected chi connectivity index (χ3v) is 5.05. The molecule has 0 bridgehead atoms. The number of aromatic amines is 1. The highest BCUT2D eigenvalue weighted by Gasteiger charge is 2.15. The summed E-state index contributed by atoms with van der Waals surface area (Å²) < 4.78 is 1.04. The molecule has 122 valence electrons. The van der Waals surface area contributed by atoms with Gasteiger partial charge >= 0.3 is 0 Å². The van der Waals surface area contributed by atoms with Gasteiger partial charge in [0, 0.05) is 29.8 Å². The first-order valence-corrected chi connectivity index (χ1v) is 9.09. The second-order valence-corrected chi connectivity index (χ2v) is 7.68. The van der Waals surface area contributed by atoms with E-state index >= 15 is 0 Å². The number of carbonyl (C=O) groups is 1. The Balaban J connectivity index is 1.71. The second kappa shape index (κ2) is 8.08. The van der Waals surface area contributed by atoms with Crippen LogP contribution in [0.5, 0.6) is 0 Å². The van der Waals surface area contributed by atoms with Gasteiger partial charge in [0.15, 0.2) is 0 Å². The topological polar surface area (TPSA) is 57.8 Å².